The number of hydrogen-bond donors (Lipinski definition) is 0. The van der Waals surface area contributed by atoms with Crippen molar-refractivity contribution in [3.8, 4) is 0 Å². The van der Waals surface area contributed by atoms with Crippen LogP contribution >= 0.6 is 0 Å². The van der Waals surface area contributed by atoms with E-state index in [-0.39, 0.29) is 0 Å². The number of rotatable bonds is 4. The van der Waals surface area contributed by atoms with Crippen LogP contribution in [0.1, 0.15) is 57.8 Å². The van der Waals surface area contributed by atoms with Crippen LogP contribution in [0.4, 0.5) is 0 Å². The van der Waals surface area contributed by atoms with Gasteiger partial charge in [0.05, 0.1) is 12.9 Å². The van der Waals surface area contributed by atoms with Crippen LogP contribution in [0.25, 0.3) is 0 Å². The van der Waals surface area contributed by atoms with Crippen LogP contribution in [0.5, 0.6) is 0 Å². The predicted molar refractivity (Wildman–Crippen MR) is 72.8 cm³/mol. The Labute approximate surface area is 111 Å². The number of hydrogen-bond acceptors (Lipinski definition) is 3. The summed E-state index contributed by atoms with van der Waals surface area (Å²) in [6.45, 7) is 0.399. The van der Waals surface area contributed by atoms with Gasteiger partial charge in [0.15, 0.2) is 0 Å². The molecule has 0 heterocycles. The lowest BCUT2D eigenvalue weighted by molar-refractivity contribution is 0.138. The molecule has 0 unspecified atom stereocenters. The lowest BCUT2D eigenvalue weighted by atomic mass is 9.71. The quantitative estimate of drug-likeness (QED) is 0.738. The fourth-order valence-corrected chi connectivity index (χ4v) is 4.09. The summed E-state index contributed by atoms with van der Waals surface area (Å²) in [4.78, 5) is 0. The second-order valence-electron chi connectivity index (χ2n) is 6.17. The lowest BCUT2D eigenvalue weighted by Crippen LogP contribution is -2.25. The van der Waals surface area contributed by atoms with Crippen molar-refractivity contribution in [2.45, 2.75) is 57.8 Å². The normalized spacial score (nSPS) is 31.4. The average Bonchev–Trinajstić information content (AvgIpc) is 2.37. The molecule has 2 aliphatic rings. The molecule has 0 aromatic carbocycles. The largest absolute Gasteiger partial charge is 0.270 e. The van der Waals surface area contributed by atoms with Crippen LogP contribution in [-0.2, 0) is 14.3 Å². The summed E-state index contributed by atoms with van der Waals surface area (Å²) in [6.07, 6.45) is 13.1. The predicted octanol–water partition coefficient (Wildman–Crippen LogP) is 3.35. The van der Waals surface area contributed by atoms with E-state index in [0.29, 0.717) is 12.5 Å². The van der Waals surface area contributed by atoms with Crippen molar-refractivity contribution in [1.29, 1.82) is 0 Å². The molecule has 0 aliphatic heterocycles. The molecule has 0 aromatic heterocycles. The Kier molecular flexibility index (Phi) is 5.07. The van der Waals surface area contributed by atoms with Crippen LogP contribution < -0.4 is 0 Å². The molecule has 0 aromatic rings. The second-order valence-corrected chi connectivity index (χ2v) is 7.81. The van der Waals surface area contributed by atoms with Gasteiger partial charge >= 0.3 is 0 Å². The fourth-order valence-electron chi connectivity index (χ4n) is 3.65. The standard InChI is InChI=1S/C14H26O3S/c1-18(15,16)17-11-12-7-9-14(10-8-12)13-5-3-2-4-6-13/h12-14H,2-11H2,1H3. The van der Waals surface area contributed by atoms with Gasteiger partial charge in [-0.2, -0.15) is 8.42 Å². The summed E-state index contributed by atoms with van der Waals surface area (Å²) in [5.74, 6) is 2.31. The van der Waals surface area contributed by atoms with Gasteiger partial charge in [0.1, 0.15) is 0 Å². The highest BCUT2D eigenvalue weighted by atomic mass is 32.2. The molecule has 0 N–H and O–H groups in total. The zero-order valence-corrected chi connectivity index (χ0v) is 12.3. The van der Waals surface area contributed by atoms with E-state index in [1.54, 1.807) is 0 Å². The molecule has 0 radical (unpaired) electrons. The van der Waals surface area contributed by atoms with E-state index >= 15 is 0 Å². The SMILES string of the molecule is CS(=O)(=O)OCC1CCC(C2CCCCC2)CC1. The Morgan fingerprint density at radius 3 is 2.00 bits per heavy atom. The van der Waals surface area contributed by atoms with Crippen molar-refractivity contribution in [2.75, 3.05) is 12.9 Å². The molecule has 0 saturated heterocycles. The van der Waals surface area contributed by atoms with Crippen LogP contribution in [0.2, 0.25) is 0 Å². The molecule has 2 fully saturated rings. The molecule has 18 heavy (non-hydrogen) atoms. The third kappa shape index (κ3) is 4.54. The summed E-state index contributed by atoms with van der Waals surface area (Å²) in [5, 5.41) is 0. The third-order valence-electron chi connectivity index (χ3n) is 4.73. The first-order chi connectivity index (χ1) is 8.54. The average molecular weight is 274 g/mol. The molecule has 3 nitrogen and oxygen atoms in total. The van der Waals surface area contributed by atoms with Gasteiger partial charge in [0, 0.05) is 0 Å². The molecule has 0 bridgehead atoms. The minimum Gasteiger partial charge on any atom is -0.270 e. The highest BCUT2D eigenvalue weighted by Crippen LogP contribution is 2.39. The molecule has 4 heteroatoms. The molecule has 0 atom stereocenters. The highest BCUT2D eigenvalue weighted by molar-refractivity contribution is 7.85. The van der Waals surface area contributed by atoms with Crippen molar-refractivity contribution < 1.29 is 12.6 Å². The zero-order valence-electron chi connectivity index (χ0n) is 11.4. The van der Waals surface area contributed by atoms with Gasteiger partial charge in [0.25, 0.3) is 10.1 Å². The minimum absolute atomic E-state index is 0.399. The minimum atomic E-state index is -3.26. The van der Waals surface area contributed by atoms with Crippen LogP contribution in [0, 0.1) is 17.8 Å². The smallest absolute Gasteiger partial charge is 0.264 e. The lowest BCUT2D eigenvalue weighted by Gasteiger charge is -2.35. The van der Waals surface area contributed by atoms with Crippen LogP contribution in [-0.4, -0.2) is 21.3 Å². The van der Waals surface area contributed by atoms with Crippen LogP contribution in [0.3, 0.4) is 0 Å². The summed E-state index contributed by atoms with van der Waals surface area (Å²) < 4.78 is 26.8. The first-order valence-corrected chi connectivity index (χ1v) is 9.20. The van der Waals surface area contributed by atoms with Gasteiger partial charge in [-0.3, -0.25) is 4.18 Å². The summed E-state index contributed by atoms with van der Waals surface area (Å²) in [5.41, 5.74) is 0. The first-order valence-electron chi connectivity index (χ1n) is 7.39. The third-order valence-corrected chi connectivity index (χ3v) is 5.29. The maximum atomic E-state index is 11.0. The van der Waals surface area contributed by atoms with E-state index in [1.807, 2.05) is 0 Å². The molecular weight excluding hydrogens is 248 g/mol. The van der Waals surface area contributed by atoms with Gasteiger partial charge in [-0.1, -0.05) is 32.1 Å². The van der Waals surface area contributed by atoms with Gasteiger partial charge in [-0.05, 0) is 43.4 Å². The van der Waals surface area contributed by atoms with Gasteiger partial charge in [0.2, 0.25) is 0 Å². The molecule has 0 spiro atoms. The van der Waals surface area contributed by atoms with Crippen molar-refractivity contribution in [3.63, 3.8) is 0 Å². The second kappa shape index (κ2) is 6.38. The topological polar surface area (TPSA) is 43.4 Å². The van der Waals surface area contributed by atoms with E-state index in [4.69, 9.17) is 4.18 Å². The molecule has 2 rings (SSSR count). The highest BCUT2D eigenvalue weighted by Gasteiger charge is 2.28. The Balaban J connectivity index is 1.70. The molecular formula is C14H26O3S. The molecule has 2 saturated carbocycles. The van der Waals surface area contributed by atoms with E-state index in [1.165, 1.54) is 44.9 Å². The first kappa shape index (κ1) is 14.3. The fraction of sp³-hybridized carbons (Fsp3) is 1.00. The summed E-state index contributed by atoms with van der Waals surface area (Å²) in [7, 11) is -3.26. The van der Waals surface area contributed by atoms with E-state index in [2.05, 4.69) is 0 Å². The maximum absolute atomic E-state index is 11.0. The summed E-state index contributed by atoms with van der Waals surface area (Å²) >= 11 is 0. The van der Waals surface area contributed by atoms with Gasteiger partial charge < -0.3 is 0 Å². The Bertz CT molecular complexity index is 336. The summed E-state index contributed by atoms with van der Waals surface area (Å²) in [6, 6.07) is 0. The van der Waals surface area contributed by atoms with Gasteiger partial charge in [-0.15, -0.1) is 0 Å². The Morgan fingerprint density at radius 1 is 0.889 bits per heavy atom. The Morgan fingerprint density at radius 2 is 1.44 bits per heavy atom. The van der Waals surface area contributed by atoms with E-state index < -0.39 is 10.1 Å². The van der Waals surface area contributed by atoms with E-state index in [9.17, 15) is 8.42 Å². The monoisotopic (exact) mass is 274 g/mol. The molecule has 106 valence electrons. The van der Waals surface area contributed by atoms with Crippen LogP contribution in [0.15, 0.2) is 0 Å². The molecule has 2 aliphatic carbocycles. The Hall–Kier alpha value is -0.0900. The van der Waals surface area contributed by atoms with Crippen molar-refractivity contribution >= 4 is 10.1 Å². The van der Waals surface area contributed by atoms with Crippen molar-refractivity contribution in [1.82, 2.24) is 0 Å². The molecule has 0 amide bonds. The van der Waals surface area contributed by atoms with Gasteiger partial charge in [-0.25, -0.2) is 0 Å². The van der Waals surface area contributed by atoms with Crippen molar-refractivity contribution in [2.24, 2.45) is 17.8 Å². The maximum Gasteiger partial charge on any atom is 0.264 e. The zero-order chi connectivity index (χ0) is 13.0. The van der Waals surface area contributed by atoms with E-state index in [0.717, 1.165) is 30.9 Å². The van der Waals surface area contributed by atoms with Crippen molar-refractivity contribution in [3.05, 3.63) is 0 Å².